The Morgan fingerprint density at radius 2 is 1.75 bits per heavy atom. The molecular formula is C19H20ClNO3. The van der Waals surface area contributed by atoms with Gasteiger partial charge in [0.15, 0.2) is 6.61 Å². The van der Waals surface area contributed by atoms with Gasteiger partial charge in [-0.1, -0.05) is 17.7 Å². The van der Waals surface area contributed by atoms with Gasteiger partial charge < -0.3 is 14.8 Å². The monoisotopic (exact) mass is 345 g/mol. The minimum absolute atomic E-state index is 0.0273. The van der Waals surface area contributed by atoms with E-state index >= 15 is 0 Å². The molecule has 0 fully saturated rings. The van der Waals surface area contributed by atoms with Crippen LogP contribution in [0.5, 0.6) is 11.5 Å². The van der Waals surface area contributed by atoms with E-state index in [0.717, 1.165) is 12.2 Å². The lowest BCUT2D eigenvalue weighted by atomic mass is 10.1. The minimum atomic E-state index is -0.178. The average Bonchev–Trinajstić information content (AvgIpc) is 3.06. The molecule has 0 radical (unpaired) electrons. The van der Waals surface area contributed by atoms with Gasteiger partial charge in [0.2, 0.25) is 0 Å². The number of rotatable bonds is 7. The average molecular weight is 346 g/mol. The third-order valence-corrected chi connectivity index (χ3v) is 4.20. The van der Waals surface area contributed by atoms with Crippen LogP contribution in [0, 0.1) is 0 Å². The van der Waals surface area contributed by atoms with Crippen molar-refractivity contribution in [2.75, 3.05) is 19.8 Å². The Morgan fingerprint density at radius 3 is 2.58 bits per heavy atom. The van der Waals surface area contributed by atoms with E-state index in [-0.39, 0.29) is 12.5 Å². The number of carbonyl (C=O) groups excluding carboxylic acids is 1. The number of nitrogens with one attached hydrogen (secondary N) is 1. The van der Waals surface area contributed by atoms with E-state index in [1.165, 1.54) is 24.0 Å². The van der Waals surface area contributed by atoms with Crippen molar-refractivity contribution < 1.29 is 14.3 Å². The second-order valence-corrected chi connectivity index (χ2v) is 6.16. The summed E-state index contributed by atoms with van der Waals surface area (Å²) in [5.41, 5.74) is 2.81. The van der Waals surface area contributed by atoms with Crippen LogP contribution < -0.4 is 14.8 Å². The number of aryl methyl sites for hydroxylation is 2. The normalized spacial score (nSPS) is 12.5. The lowest BCUT2D eigenvalue weighted by molar-refractivity contribution is -0.123. The van der Waals surface area contributed by atoms with E-state index in [0.29, 0.717) is 23.9 Å². The fourth-order valence-electron chi connectivity index (χ4n) is 2.73. The molecule has 2 aromatic carbocycles. The Bertz CT molecular complexity index is 700. The van der Waals surface area contributed by atoms with E-state index in [1.54, 1.807) is 24.3 Å². The number of carbonyl (C=O) groups is 1. The smallest absolute Gasteiger partial charge is 0.258 e. The van der Waals surface area contributed by atoms with Gasteiger partial charge in [0, 0.05) is 5.02 Å². The van der Waals surface area contributed by atoms with Gasteiger partial charge in [-0.3, -0.25) is 4.79 Å². The zero-order valence-electron chi connectivity index (χ0n) is 13.4. The van der Waals surface area contributed by atoms with Crippen LogP contribution in [-0.4, -0.2) is 25.7 Å². The highest BCUT2D eigenvalue weighted by molar-refractivity contribution is 6.30. The van der Waals surface area contributed by atoms with Crippen LogP contribution in [0.1, 0.15) is 17.5 Å². The number of hydrogen-bond donors (Lipinski definition) is 1. The highest BCUT2D eigenvalue weighted by Gasteiger charge is 2.11. The summed E-state index contributed by atoms with van der Waals surface area (Å²) in [5, 5.41) is 3.41. The summed E-state index contributed by atoms with van der Waals surface area (Å²) in [7, 11) is 0. The molecule has 0 bridgehead atoms. The van der Waals surface area contributed by atoms with Crippen molar-refractivity contribution in [1.29, 1.82) is 0 Å². The van der Waals surface area contributed by atoms with Crippen molar-refractivity contribution in [3.63, 3.8) is 0 Å². The Morgan fingerprint density at radius 1 is 1.00 bits per heavy atom. The Balaban J connectivity index is 1.34. The Labute approximate surface area is 146 Å². The summed E-state index contributed by atoms with van der Waals surface area (Å²) in [5.74, 6) is 1.30. The second kappa shape index (κ2) is 8.06. The summed E-state index contributed by atoms with van der Waals surface area (Å²) >= 11 is 5.79. The molecule has 1 aliphatic carbocycles. The SMILES string of the molecule is O=C(COc1ccc(Cl)cc1)NCCOc1ccc2c(c1)CCC2. The van der Waals surface area contributed by atoms with Gasteiger partial charge in [-0.05, 0) is 66.8 Å². The standard InChI is InChI=1S/C19H20ClNO3/c20-16-5-8-17(9-6-16)24-13-19(22)21-10-11-23-18-7-4-14-2-1-3-15(14)12-18/h4-9,12H,1-3,10-11,13H2,(H,21,22). The molecule has 3 rings (SSSR count). The fraction of sp³-hybridized carbons (Fsp3) is 0.316. The van der Waals surface area contributed by atoms with Crippen LogP contribution >= 0.6 is 11.6 Å². The summed E-state index contributed by atoms with van der Waals surface area (Å²) in [4.78, 5) is 11.7. The largest absolute Gasteiger partial charge is 0.492 e. The Hall–Kier alpha value is -2.20. The first-order valence-corrected chi connectivity index (χ1v) is 8.48. The van der Waals surface area contributed by atoms with Gasteiger partial charge >= 0.3 is 0 Å². The zero-order valence-corrected chi connectivity index (χ0v) is 14.1. The molecule has 1 N–H and O–H groups in total. The molecule has 0 spiro atoms. The number of hydrogen-bond acceptors (Lipinski definition) is 3. The molecule has 126 valence electrons. The molecule has 0 saturated heterocycles. The lowest BCUT2D eigenvalue weighted by Crippen LogP contribution is -2.32. The summed E-state index contributed by atoms with van der Waals surface area (Å²) in [6.07, 6.45) is 3.52. The van der Waals surface area contributed by atoms with Crippen molar-refractivity contribution in [1.82, 2.24) is 5.32 Å². The molecule has 1 aliphatic rings. The van der Waals surface area contributed by atoms with Crippen LogP contribution in [0.15, 0.2) is 42.5 Å². The highest BCUT2D eigenvalue weighted by Crippen LogP contribution is 2.25. The van der Waals surface area contributed by atoms with Crippen molar-refractivity contribution in [2.24, 2.45) is 0 Å². The molecule has 0 heterocycles. The van der Waals surface area contributed by atoms with Crippen LogP contribution in [0.2, 0.25) is 5.02 Å². The van der Waals surface area contributed by atoms with Crippen molar-refractivity contribution in [2.45, 2.75) is 19.3 Å². The third kappa shape index (κ3) is 4.65. The first-order chi connectivity index (χ1) is 11.7. The molecule has 0 unspecified atom stereocenters. The third-order valence-electron chi connectivity index (χ3n) is 3.95. The quantitative estimate of drug-likeness (QED) is 0.782. The first kappa shape index (κ1) is 16.7. The van der Waals surface area contributed by atoms with Crippen LogP contribution in [-0.2, 0) is 17.6 Å². The number of benzene rings is 2. The second-order valence-electron chi connectivity index (χ2n) is 5.73. The number of ether oxygens (including phenoxy) is 2. The summed E-state index contributed by atoms with van der Waals surface area (Å²) in [6.45, 7) is 0.853. The zero-order chi connectivity index (χ0) is 16.8. The van der Waals surface area contributed by atoms with Gasteiger partial charge in [0.25, 0.3) is 5.91 Å². The minimum Gasteiger partial charge on any atom is -0.492 e. The van der Waals surface area contributed by atoms with Crippen molar-refractivity contribution in [3.8, 4) is 11.5 Å². The van der Waals surface area contributed by atoms with E-state index < -0.39 is 0 Å². The molecule has 5 heteroatoms. The van der Waals surface area contributed by atoms with Crippen LogP contribution in [0.4, 0.5) is 0 Å². The van der Waals surface area contributed by atoms with Crippen molar-refractivity contribution in [3.05, 3.63) is 58.6 Å². The number of halogens is 1. The topological polar surface area (TPSA) is 47.6 Å². The van der Waals surface area contributed by atoms with Crippen LogP contribution in [0.25, 0.3) is 0 Å². The van der Waals surface area contributed by atoms with E-state index in [9.17, 15) is 4.79 Å². The van der Waals surface area contributed by atoms with E-state index in [1.807, 2.05) is 6.07 Å². The molecule has 0 atom stereocenters. The highest BCUT2D eigenvalue weighted by atomic mass is 35.5. The number of amides is 1. The van der Waals surface area contributed by atoms with Gasteiger partial charge in [-0.15, -0.1) is 0 Å². The maximum absolute atomic E-state index is 11.7. The molecular weight excluding hydrogens is 326 g/mol. The van der Waals surface area contributed by atoms with Gasteiger partial charge in [0.1, 0.15) is 18.1 Å². The summed E-state index contributed by atoms with van der Waals surface area (Å²) < 4.78 is 11.1. The molecule has 24 heavy (non-hydrogen) atoms. The Kier molecular flexibility index (Phi) is 5.59. The number of fused-ring (bicyclic) bond motifs is 1. The molecule has 0 aromatic heterocycles. The maximum Gasteiger partial charge on any atom is 0.258 e. The van der Waals surface area contributed by atoms with E-state index in [4.69, 9.17) is 21.1 Å². The first-order valence-electron chi connectivity index (χ1n) is 8.10. The van der Waals surface area contributed by atoms with Gasteiger partial charge in [-0.2, -0.15) is 0 Å². The fourth-order valence-corrected chi connectivity index (χ4v) is 2.85. The van der Waals surface area contributed by atoms with Gasteiger partial charge in [0.05, 0.1) is 6.54 Å². The molecule has 0 aliphatic heterocycles. The lowest BCUT2D eigenvalue weighted by Gasteiger charge is -2.10. The summed E-state index contributed by atoms with van der Waals surface area (Å²) in [6, 6.07) is 13.1. The predicted molar refractivity (Wildman–Crippen MR) is 93.9 cm³/mol. The van der Waals surface area contributed by atoms with Crippen LogP contribution in [0.3, 0.4) is 0 Å². The molecule has 2 aromatic rings. The molecule has 4 nitrogen and oxygen atoms in total. The van der Waals surface area contributed by atoms with E-state index in [2.05, 4.69) is 17.4 Å². The predicted octanol–water partition coefficient (Wildman–Crippen LogP) is 3.40. The van der Waals surface area contributed by atoms with Gasteiger partial charge in [-0.25, -0.2) is 0 Å². The molecule has 0 saturated carbocycles. The maximum atomic E-state index is 11.7. The molecule has 1 amide bonds. The van der Waals surface area contributed by atoms with Crippen molar-refractivity contribution >= 4 is 17.5 Å².